The van der Waals surface area contributed by atoms with Crippen LogP contribution < -0.4 is 24.4 Å². The lowest BCUT2D eigenvalue weighted by Gasteiger charge is -2.25. The van der Waals surface area contributed by atoms with E-state index in [4.69, 9.17) is 24.5 Å². The highest BCUT2D eigenvalue weighted by Gasteiger charge is 2.35. The van der Waals surface area contributed by atoms with E-state index in [0.717, 1.165) is 11.3 Å². The lowest BCUT2D eigenvalue weighted by molar-refractivity contribution is -0.138. The molecule has 1 atom stereocenters. The second-order valence-corrected chi connectivity index (χ2v) is 10.8. The number of carbonyl (C=O) groups excluding carboxylic acids is 1. The Morgan fingerprint density at radius 2 is 1.93 bits per heavy atom. The van der Waals surface area contributed by atoms with Crippen molar-refractivity contribution in [1.29, 1.82) is 5.26 Å². The average molecular weight is 649 g/mol. The van der Waals surface area contributed by atoms with Gasteiger partial charge in [0.25, 0.3) is 5.56 Å². The number of thiazole rings is 1. The average Bonchev–Trinajstić information content (AvgIpc) is 3.30. The largest absolute Gasteiger partial charge is 0.493 e. The normalized spacial score (nSPS) is 14.5. The van der Waals surface area contributed by atoms with Crippen LogP contribution in [-0.2, 0) is 9.53 Å². The maximum absolute atomic E-state index is 14.0. The smallest absolute Gasteiger partial charge is 0.338 e. The van der Waals surface area contributed by atoms with E-state index < -0.39 is 17.8 Å². The summed E-state index contributed by atoms with van der Waals surface area (Å²) < 4.78 is 32.7. The lowest BCUT2D eigenvalue weighted by atomic mass is 9.93. The topological polar surface area (TPSA) is 103 Å². The van der Waals surface area contributed by atoms with Crippen LogP contribution in [0, 0.1) is 17.1 Å². The number of ether oxygens (including phenoxy) is 3. The summed E-state index contributed by atoms with van der Waals surface area (Å²) >= 11 is 4.61. The summed E-state index contributed by atoms with van der Waals surface area (Å²) in [4.78, 5) is 32.7. The third kappa shape index (κ3) is 5.64. The number of aromatic nitrogens is 1. The van der Waals surface area contributed by atoms with Crippen molar-refractivity contribution in [2.24, 2.45) is 4.99 Å². The Balaban J connectivity index is 1.77. The molecule has 1 aliphatic heterocycles. The lowest BCUT2D eigenvalue weighted by Crippen LogP contribution is -2.40. The number of hydrogen-bond acceptors (Lipinski definition) is 8. The molecule has 5 rings (SSSR count). The molecule has 0 radical (unpaired) electrons. The van der Waals surface area contributed by atoms with Crippen LogP contribution >= 0.6 is 27.3 Å². The number of methoxy groups -OCH3 is 1. The molecule has 8 nitrogen and oxygen atoms in total. The monoisotopic (exact) mass is 647 g/mol. The van der Waals surface area contributed by atoms with Gasteiger partial charge in [0.05, 0.1) is 40.0 Å². The van der Waals surface area contributed by atoms with Crippen molar-refractivity contribution < 1.29 is 23.4 Å². The van der Waals surface area contributed by atoms with Crippen molar-refractivity contribution >= 4 is 45.0 Å². The Bertz CT molecular complexity index is 1910. The minimum Gasteiger partial charge on any atom is -0.493 e. The fourth-order valence-electron chi connectivity index (χ4n) is 4.62. The third-order valence-electron chi connectivity index (χ3n) is 6.39. The maximum Gasteiger partial charge on any atom is 0.338 e. The first-order valence-corrected chi connectivity index (χ1v) is 14.4. The molecule has 0 bridgehead atoms. The van der Waals surface area contributed by atoms with E-state index in [-0.39, 0.29) is 24.3 Å². The summed E-state index contributed by atoms with van der Waals surface area (Å²) in [6, 6.07) is 19.3. The number of rotatable bonds is 8. The predicted octanol–water partition coefficient (Wildman–Crippen LogP) is 4.75. The van der Waals surface area contributed by atoms with E-state index in [9.17, 15) is 14.0 Å². The minimum absolute atomic E-state index is 0.121. The van der Waals surface area contributed by atoms with Crippen molar-refractivity contribution in [3.63, 3.8) is 0 Å². The molecule has 1 aromatic heterocycles. The first-order chi connectivity index (χ1) is 20.4. The molecule has 1 aliphatic rings. The van der Waals surface area contributed by atoms with Gasteiger partial charge in [0.15, 0.2) is 22.9 Å². The molecule has 0 saturated carbocycles. The van der Waals surface area contributed by atoms with Crippen molar-refractivity contribution in [2.75, 3.05) is 20.3 Å². The summed E-state index contributed by atoms with van der Waals surface area (Å²) in [5.41, 5.74) is 1.99. The van der Waals surface area contributed by atoms with E-state index in [2.05, 4.69) is 15.9 Å². The molecule has 2 heterocycles. The molecule has 0 saturated heterocycles. The number of esters is 1. The van der Waals surface area contributed by atoms with Gasteiger partial charge in [-0.1, -0.05) is 53.8 Å². The standard InChI is InChI=1S/C31H23BrFN3O5S/c1-3-40-30(38)25-26(19-7-5-4-6-8-19)35-31-36(27(25)20-9-11-21(33)12-10-20)29(37)24(42-31)17-18-15-22(32)28(41-14-13-34)23(16-18)39-2/h4-12,15-17,27H,3,14H2,1-2H3/b24-17-/t27-/m1/s1. The summed E-state index contributed by atoms with van der Waals surface area (Å²) in [6.45, 7) is 1.66. The third-order valence-corrected chi connectivity index (χ3v) is 7.96. The Kier molecular flexibility index (Phi) is 8.66. The van der Waals surface area contributed by atoms with Gasteiger partial charge < -0.3 is 14.2 Å². The number of halogens is 2. The van der Waals surface area contributed by atoms with E-state index >= 15 is 0 Å². The van der Waals surface area contributed by atoms with Crippen molar-refractivity contribution in [3.8, 4) is 17.6 Å². The molecular weight excluding hydrogens is 625 g/mol. The molecule has 0 unspecified atom stereocenters. The van der Waals surface area contributed by atoms with E-state index in [1.807, 2.05) is 36.4 Å². The zero-order chi connectivity index (χ0) is 29.8. The van der Waals surface area contributed by atoms with Gasteiger partial charge in [-0.2, -0.15) is 5.26 Å². The number of nitriles is 1. The van der Waals surface area contributed by atoms with E-state index in [1.165, 1.54) is 23.8 Å². The first kappa shape index (κ1) is 29.0. The number of nitrogens with zero attached hydrogens (tertiary/aromatic N) is 3. The van der Waals surface area contributed by atoms with Gasteiger partial charge in [0, 0.05) is 5.56 Å². The van der Waals surface area contributed by atoms with Gasteiger partial charge in [-0.05, 0) is 64.3 Å². The first-order valence-electron chi connectivity index (χ1n) is 12.8. The highest BCUT2D eigenvalue weighted by molar-refractivity contribution is 9.10. The number of benzene rings is 3. The minimum atomic E-state index is -0.915. The molecule has 11 heteroatoms. The Morgan fingerprint density at radius 1 is 1.19 bits per heavy atom. The van der Waals surface area contributed by atoms with Crippen LogP contribution in [0.4, 0.5) is 4.39 Å². The van der Waals surface area contributed by atoms with Crippen LogP contribution in [0.1, 0.15) is 29.7 Å². The highest BCUT2D eigenvalue weighted by atomic mass is 79.9. The quantitative estimate of drug-likeness (QED) is 0.256. The predicted molar refractivity (Wildman–Crippen MR) is 159 cm³/mol. The molecule has 212 valence electrons. The fraction of sp³-hybridized carbons (Fsp3) is 0.161. The van der Waals surface area contributed by atoms with Gasteiger partial charge >= 0.3 is 5.97 Å². The van der Waals surface area contributed by atoms with Gasteiger partial charge in [-0.25, -0.2) is 14.2 Å². The van der Waals surface area contributed by atoms with Gasteiger partial charge in [0.1, 0.15) is 11.9 Å². The van der Waals surface area contributed by atoms with Gasteiger partial charge in [0.2, 0.25) is 0 Å². The molecular formula is C31H23BrFN3O5S. The summed E-state index contributed by atoms with van der Waals surface area (Å²) in [6.07, 6.45) is 1.68. The Labute approximate surface area is 252 Å². The second kappa shape index (κ2) is 12.5. The Hall–Kier alpha value is -4.53. The molecule has 0 N–H and O–H groups in total. The fourth-order valence-corrected chi connectivity index (χ4v) is 6.20. The van der Waals surface area contributed by atoms with Crippen LogP contribution in [0.25, 0.3) is 11.8 Å². The zero-order valence-corrected chi connectivity index (χ0v) is 24.9. The summed E-state index contributed by atoms with van der Waals surface area (Å²) in [5.74, 6) is -0.331. The number of fused-ring (bicyclic) bond motifs is 1. The summed E-state index contributed by atoms with van der Waals surface area (Å²) in [7, 11) is 1.48. The second-order valence-electron chi connectivity index (χ2n) is 8.96. The zero-order valence-electron chi connectivity index (χ0n) is 22.5. The molecule has 42 heavy (non-hydrogen) atoms. The van der Waals surface area contributed by atoms with Crippen LogP contribution in [0.3, 0.4) is 0 Å². The molecule has 0 fully saturated rings. The van der Waals surface area contributed by atoms with Crippen LogP contribution in [0.15, 0.2) is 86.6 Å². The van der Waals surface area contributed by atoms with E-state index in [0.29, 0.717) is 47.7 Å². The number of carbonyl (C=O) groups is 1. The van der Waals surface area contributed by atoms with Crippen molar-refractivity contribution in [1.82, 2.24) is 4.57 Å². The SMILES string of the molecule is CCOC(=O)C1=C(c2ccccc2)N=c2s/c(=C\c3cc(Br)c(OCC#N)c(OC)c3)c(=O)n2[C@@H]1c1ccc(F)cc1. The molecule has 4 aromatic rings. The molecule has 0 amide bonds. The van der Waals surface area contributed by atoms with Crippen LogP contribution in [-0.4, -0.2) is 30.9 Å². The van der Waals surface area contributed by atoms with E-state index in [1.54, 1.807) is 37.3 Å². The van der Waals surface area contributed by atoms with Crippen molar-refractivity contribution in [2.45, 2.75) is 13.0 Å². The van der Waals surface area contributed by atoms with Crippen molar-refractivity contribution in [3.05, 3.63) is 119 Å². The summed E-state index contributed by atoms with van der Waals surface area (Å²) in [5, 5.41) is 8.90. The van der Waals surface area contributed by atoms with Gasteiger partial charge in [-0.3, -0.25) is 9.36 Å². The van der Waals surface area contributed by atoms with Crippen LogP contribution in [0.2, 0.25) is 0 Å². The maximum atomic E-state index is 14.0. The number of hydrogen-bond donors (Lipinski definition) is 0. The molecule has 0 spiro atoms. The highest BCUT2D eigenvalue weighted by Crippen LogP contribution is 2.37. The molecule has 0 aliphatic carbocycles. The van der Waals surface area contributed by atoms with Crippen LogP contribution in [0.5, 0.6) is 11.5 Å². The molecule has 3 aromatic carbocycles. The van der Waals surface area contributed by atoms with Gasteiger partial charge in [-0.15, -0.1) is 0 Å². The Morgan fingerprint density at radius 3 is 2.60 bits per heavy atom.